The molecule has 0 saturated carbocycles. The largest absolute Gasteiger partial charge is 0.480 e. The van der Waals surface area contributed by atoms with E-state index in [2.05, 4.69) is 0 Å². The number of carboxylic acid groups (broad SMARTS) is 3. The van der Waals surface area contributed by atoms with Crippen molar-refractivity contribution in [1.82, 2.24) is 0 Å². The Balaban J connectivity index is 3.41. The van der Waals surface area contributed by atoms with E-state index in [1.54, 1.807) is 18.2 Å². The van der Waals surface area contributed by atoms with Crippen LogP contribution in [-0.4, -0.2) is 33.2 Å². The topological polar surface area (TPSA) is 112 Å². The highest BCUT2D eigenvalue weighted by atomic mass is 16.4. The molecule has 0 aliphatic carbocycles. The quantitative estimate of drug-likeness (QED) is 0.675. The molecule has 96 valence electrons. The fourth-order valence-electron chi connectivity index (χ4n) is 1.82. The van der Waals surface area contributed by atoms with Crippen molar-refractivity contribution in [3.63, 3.8) is 0 Å². The van der Waals surface area contributed by atoms with Gasteiger partial charge in [0.2, 0.25) is 0 Å². The van der Waals surface area contributed by atoms with Gasteiger partial charge in [-0.15, -0.1) is 0 Å². The Kier molecular flexibility index (Phi) is 3.70. The van der Waals surface area contributed by atoms with E-state index in [1.165, 1.54) is 19.1 Å². The van der Waals surface area contributed by atoms with Crippen LogP contribution in [0.1, 0.15) is 18.4 Å². The lowest BCUT2D eigenvalue weighted by Gasteiger charge is -2.27. The second-order valence-electron chi connectivity index (χ2n) is 3.86. The molecule has 6 nitrogen and oxygen atoms in total. The number of carbonyl (C=O) groups is 3. The summed E-state index contributed by atoms with van der Waals surface area (Å²) in [5.41, 5.74) is -2.55. The number of aliphatic carboxylic acids is 3. The van der Waals surface area contributed by atoms with Gasteiger partial charge < -0.3 is 15.3 Å². The minimum Gasteiger partial charge on any atom is -0.480 e. The van der Waals surface area contributed by atoms with E-state index in [-0.39, 0.29) is 0 Å². The number of benzene rings is 1. The first-order valence-electron chi connectivity index (χ1n) is 5.10. The van der Waals surface area contributed by atoms with Gasteiger partial charge in [0.15, 0.2) is 0 Å². The van der Waals surface area contributed by atoms with E-state index in [9.17, 15) is 14.4 Å². The maximum Gasteiger partial charge on any atom is 0.333 e. The zero-order valence-electron chi connectivity index (χ0n) is 9.53. The fraction of sp³-hybridized carbons (Fsp3) is 0.250. The highest BCUT2D eigenvalue weighted by Crippen LogP contribution is 2.37. The van der Waals surface area contributed by atoms with Gasteiger partial charge in [0.1, 0.15) is 0 Å². The second kappa shape index (κ2) is 4.87. The molecule has 0 radical (unpaired) electrons. The zero-order valence-corrected chi connectivity index (χ0v) is 9.53. The van der Waals surface area contributed by atoms with Gasteiger partial charge in [0, 0.05) is 5.92 Å². The van der Waals surface area contributed by atoms with E-state index in [0.717, 1.165) is 0 Å². The molecular formula is C12H12O6. The maximum absolute atomic E-state index is 11.2. The first-order chi connectivity index (χ1) is 8.35. The number of carboxylic acids is 3. The van der Waals surface area contributed by atoms with Gasteiger partial charge in [0.25, 0.3) is 5.41 Å². The Labute approximate surface area is 102 Å². The molecule has 0 aliphatic rings. The molecule has 0 aliphatic heterocycles. The minimum absolute atomic E-state index is 0.338. The van der Waals surface area contributed by atoms with Crippen molar-refractivity contribution in [3.8, 4) is 0 Å². The van der Waals surface area contributed by atoms with Crippen LogP contribution < -0.4 is 0 Å². The normalized spacial score (nSPS) is 12.7. The molecule has 0 fully saturated rings. The van der Waals surface area contributed by atoms with Gasteiger partial charge in [0.05, 0.1) is 0 Å². The summed E-state index contributed by atoms with van der Waals surface area (Å²) in [5, 5.41) is 27.1. The first kappa shape index (κ1) is 13.7. The highest BCUT2D eigenvalue weighted by Gasteiger charge is 2.59. The predicted molar refractivity (Wildman–Crippen MR) is 60.2 cm³/mol. The molecule has 1 aromatic rings. The van der Waals surface area contributed by atoms with E-state index < -0.39 is 29.2 Å². The molecule has 0 bridgehead atoms. The smallest absolute Gasteiger partial charge is 0.333 e. The Morgan fingerprint density at radius 3 is 1.67 bits per heavy atom. The van der Waals surface area contributed by atoms with Crippen LogP contribution in [0, 0.1) is 5.41 Å². The van der Waals surface area contributed by atoms with Crippen LogP contribution >= 0.6 is 0 Å². The summed E-state index contributed by atoms with van der Waals surface area (Å²) in [4.78, 5) is 33.5. The Morgan fingerprint density at radius 1 is 0.944 bits per heavy atom. The van der Waals surface area contributed by atoms with Gasteiger partial charge >= 0.3 is 17.9 Å². The fourth-order valence-corrected chi connectivity index (χ4v) is 1.82. The van der Waals surface area contributed by atoms with Crippen LogP contribution in [0.3, 0.4) is 0 Å². The Hall–Kier alpha value is -2.37. The van der Waals surface area contributed by atoms with E-state index in [1.807, 2.05) is 0 Å². The van der Waals surface area contributed by atoms with Crippen LogP contribution in [0.25, 0.3) is 0 Å². The van der Waals surface area contributed by atoms with Crippen molar-refractivity contribution in [2.75, 3.05) is 0 Å². The monoisotopic (exact) mass is 252 g/mol. The van der Waals surface area contributed by atoms with Gasteiger partial charge in [-0.05, 0) is 5.56 Å². The third kappa shape index (κ3) is 1.92. The molecule has 1 aromatic carbocycles. The van der Waals surface area contributed by atoms with Gasteiger partial charge in [-0.3, -0.25) is 14.4 Å². The van der Waals surface area contributed by atoms with E-state index in [0.29, 0.717) is 5.56 Å². The molecule has 3 N–H and O–H groups in total. The van der Waals surface area contributed by atoms with E-state index >= 15 is 0 Å². The van der Waals surface area contributed by atoms with Crippen LogP contribution in [0.2, 0.25) is 0 Å². The van der Waals surface area contributed by atoms with Crippen molar-refractivity contribution in [1.29, 1.82) is 0 Å². The minimum atomic E-state index is -2.89. The molecule has 0 saturated heterocycles. The van der Waals surface area contributed by atoms with Crippen molar-refractivity contribution in [3.05, 3.63) is 35.9 Å². The van der Waals surface area contributed by atoms with E-state index in [4.69, 9.17) is 15.3 Å². The van der Waals surface area contributed by atoms with Crippen molar-refractivity contribution >= 4 is 17.9 Å². The third-order valence-electron chi connectivity index (χ3n) is 2.96. The van der Waals surface area contributed by atoms with Crippen molar-refractivity contribution in [2.45, 2.75) is 12.8 Å². The zero-order chi connectivity index (χ0) is 13.9. The molecule has 0 amide bonds. The summed E-state index contributed by atoms with van der Waals surface area (Å²) in [6.45, 7) is 1.27. The molecule has 0 unspecified atom stereocenters. The standard InChI is InChI=1S/C12H12O6/c1-7(8-5-3-2-4-6-8)12(9(13)14,10(15)16)11(17)18/h2-7H,1H3,(H,13,14)(H,15,16)(H,17,18)/t7-/m0/s1. The number of rotatable bonds is 5. The molecular weight excluding hydrogens is 240 g/mol. The second-order valence-corrected chi connectivity index (χ2v) is 3.86. The highest BCUT2D eigenvalue weighted by molar-refractivity contribution is 6.17. The Morgan fingerprint density at radius 2 is 1.33 bits per heavy atom. The molecule has 0 aromatic heterocycles. The molecule has 0 spiro atoms. The summed E-state index contributed by atoms with van der Waals surface area (Å²) in [7, 11) is 0. The van der Waals surface area contributed by atoms with Gasteiger partial charge in [-0.1, -0.05) is 37.3 Å². The maximum atomic E-state index is 11.2. The average molecular weight is 252 g/mol. The van der Waals surface area contributed by atoms with Crippen LogP contribution in [0.5, 0.6) is 0 Å². The summed E-state index contributed by atoms with van der Waals surface area (Å²) in [6.07, 6.45) is 0. The van der Waals surface area contributed by atoms with Crippen LogP contribution in [0.4, 0.5) is 0 Å². The first-order valence-corrected chi connectivity index (χ1v) is 5.10. The molecule has 0 heterocycles. The summed E-state index contributed by atoms with van der Waals surface area (Å²) >= 11 is 0. The molecule has 1 rings (SSSR count). The third-order valence-corrected chi connectivity index (χ3v) is 2.96. The van der Waals surface area contributed by atoms with Crippen LogP contribution in [-0.2, 0) is 14.4 Å². The number of hydrogen-bond acceptors (Lipinski definition) is 3. The molecule has 1 atom stereocenters. The van der Waals surface area contributed by atoms with Gasteiger partial charge in [-0.25, -0.2) is 0 Å². The molecule has 18 heavy (non-hydrogen) atoms. The SMILES string of the molecule is C[C@@H](c1ccccc1)C(C(=O)O)(C(=O)O)C(=O)O. The summed E-state index contributed by atoms with van der Waals surface area (Å²) in [5.74, 6) is -6.87. The van der Waals surface area contributed by atoms with Gasteiger partial charge in [-0.2, -0.15) is 0 Å². The average Bonchev–Trinajstić information content (AvgIpc) is 2.29. The Bertz CT molecular complexity index is 443. The van der Waals surface area contributed by atoms with Crippen LogP contribution in [0.15, 0.2) is 30.3 Å². The van der Waals surface area contributed by atoms with Crippen molar-refractivity contribution in [2.24, 2.45) is 5.41 Å². The predicted octanol–water partition coefficient (Wildman–Crippen LogP) is 1.03. The van der Waals surface area contributed by atoms with Crippen molar-refractivity contribution < 1.29 is 29.7 Å². The lowest BCUT2D eigenvalue weighted by molar-refractivity contribution is -0.177. The lowest BCUT2D eigenvalue weighted by atomic mass is 9.73. The molecule has 6 heteroatoms. The number of hydrogen-bond donors (Lipinski definition) is 3. The summed E-state index contributed by atoms with van der Waals surface area (Å²) in [6, 6.07) is 7.83. The summed E-state index contributed by atoms with van der Waals surface area (Å²) < 4.78 is 0. The lowest BCUT2D eigenvalue weighted by Crippen LogP contribution is -2.50.